The number of fused-ring (bicyclic) bond motifs is 2. The molecule has 2 aliphatic rings. The van der Waals surface area contributed by atoms with Crippen LogP contribution in [0.3, 0.4) is 0 Å². The van der Waals surface area contributed by atoms with Crippen molar-refractivity contribution < 1.29 is 9.53 Å². The number of likely N-dealkylation sites (tertiary alicyclic amines) is 1. The number of nitrogens with one attached hydrogen (secondary N) is 1. The number of thiophene rings is 1. The molecule has 1 amide bonds. The van der Waals surface area contributed by atoms with Gasteiger partial charge in [-0.15, -0.1) is 11.3 Å². The van der Waals surface area contributed by atoms with Crippen molar-refractivity contribution in [3.8, 4) is 17.1 Å². The number of amides is 1. The van der Waals surface area contributed by atoms with Gasteiger partial charge in [0.2, 0.25) is 11.8 Å². The first kappa shape index (κ1) is 22.9. The summed E-state index contributed by atoms with van der Waals surface area (Å²) in [7, 11) is 7.93. The third-order valence-corrected chi connectivity index (χ3v) is 8.15. The average molecular weight is 481 g/mol. The molecule has 0 bridgehead atoms. The Balaban J connectivity index is 1.50. The number of likely N-dealkylation sites (N-methyl/N-ethyl adjacent to an activating group) is 1. The number of ether oxygens (including phenoxy) is 1. The molecule has 34 heavy (non-hydrogen) atoms. The number of carbonyl (C=O) groups is 1. The van der Waals surface area contributed by atoms with Crippen LogP contribution >= 0.6 is 11.3 Å². The highest BCUT2D eigenvalue weighted by atomic mass is 32.1. The monoisotopic (exact) mass is 480 g/mol. The van der Waals surface area contributed by atoms with Crippen molar-refractivity contribution in [2.75, 3.05) is 70.8 Å². The predicted octanol–water partition coefficient (Wildman–Crippen LogP) is 2.94. The molecule has 0 aromatic carbocycles. The highest BCUT2D eigenvalue weighted by Gasteiger charge is 2.42. The topological polar surface area (TPSA) is 73.8 Å². The van der Waals surface area contributed by atoms with Crippen LogP contribution in [0.25, 0.3) is 21.5 Å². The number of hydrogen-bond acceptors (Lipinski definition) is 8. The molecule has 3 aromatic rings. The molecule has 2 fully saturated rings. The van der Waals surface area contributed by atoms with Crippen molar-refractivity contribution in [2.24, 2.45) is 11.8 Å². The van der Waals surface area contributed by atoms with Crippen molar-refractivity contribution in [2.45, 2.75) is 6.42 Å². The Labute approximate surface area is 204 Å². The summed E-state index contributed by atoms with van der Waals surface area (Å²) in [6.07, 6.45) is 2.89. The van der Waals surface area contributed by atoms with Gasteiger partial charge in [-0.1, -0.05) is 0 Å². The summed E-state index contributed by atoms with van der Waals surface area (Å²) in [6.45, 7) is 3.87. The number of rotatable bonds is 7. The third kappa shape index (κ3) is 4.30. The van der Waals surface area contributed by atoms with Crippen molar-refractivity contribution in [1.29, 1.82) is 0 Å². The Bertz CT molecular complexity index is 1180. The van der Waals surface area contributed by atoms with Crippen molar-refractivity contribution in [1.82, 2.24) is 20.2 Å². The molecular formula is C25H32N6O2S. The van der Waals surface area contributed by atoms with Gasteiger partial charge in [0, 0.05) is 65.1 Å². The van der Waals surface area contributed by atoms with Crippen LogP contribution in [0.2, 0.25) is 0 Å². The van der Waals surface area contributed by atoms with E-state index >= 15 is 0 Å². The van der Waals surface area contributed by atoms with E-state index in [9.17, 15) is 4.79 Å². The molecular weight excluding hydrogens is 448 g/mol. The van der Waals surface area contributed by atoms with Gasteiger partial charge in [-0.05, 0) is 37.6 Å². The first-order valence-corrected chi connectivity index (χ1v) is 12.6. The molecule has 8 nitrogen and oxygen atoms in total. The van der Waals surface area contributed by atoms with Gasteiger partial charge in [-0.2, -0.15) is 0 Å². The van der Waals surface area contributed by atoms with Gasteiger partial charge in [0.25, 0.3) is 0 Å². The predicted molar refractivity (Wildman–Crippen MR) is 138 cm³/mol. The van der Waals surface area contributed by atoms with Gasteiger partial charge < -0.3 is 24.8 Å². The minimum Gasteiger partial charge on any atom is -0.476 e. The fourth-order valence-electron chi connectivity index (χ4n) is 4.86. The van der Waals surface area contributed by atoms with Crippen LogP contribution in [0.4, 0.5) is 10.7 Å². The third-order valence-electron chi connectivity index (χ3n) is 6.83. The molecule has 0 aliphatic carbocycles. The molecule has 180 valence electrons. The van der Waals surface area contributed by atoms with Crippen LogP contribution in [-0.4, -0.2) is 81.8 Å². The highest BCUT2D eigenvalue weighted by Crippen LogP contribution is 2.43. The Morgan fingerprint density at radius 2 is 2.12 bits per heavy atom. The van der Waals surface area contributed by atoms with Gasteiger partial charge in [-0.25, -0.2) is 9.97 Å². The molecule has 9 heteroatoms. The SMILES string of the molecule is CNCCOc1ccc(-c2cc(N3C[C@@H]4CCN(C)C(=O)[C@@H]4C3)c3sc(N(C)C)cc3n2)cn1. The summed E-state index contributed by atoms with van der Waals surface area (Å²) in [5.74, 6) is 1.38. The number of nitrogens with zero attached hydrogens (tertiary/aromatic N) is 5. The van der Waals surface area contributed by atoms with Crippen molar-refractivity contribution >= 4 is 38.1 Å². The maximum atomic E-state index is 12.8. The number of hydrogen-bond donors (Lipinski definition) is 1. The van der Waals surface area contributed by atoms with Crippen LogP contribution in [0.1, 0.15) is 6.42 Å². The van der Waals surface area contributed by atoms with Gasteiger partial charge in [0.15, 0.2) is 0 Å². The van der Waals surface area contributed by atoms with Gasteiger partial charge >= 0.3 is 0 Å². The molecule has 0 radical (unpaired) electrons. The number of aromatic nitrogens is 2. The minimum absolute atomic E-state index is 0.0782. The zero-order valence-electron chi connectivity index (χ0n) is 20.2. The summed E-state index contributed by atoms with van der Waals surface area (Å²) >= 11 is 1.76. The lowest BCUT2D eigenvalue weighted by Crippen LogP contribution is -2.42. The number of pyridine rings is 2. The molecule has 2 saturated heterocycles. The maximum Gasteiger partial charge on any atom is 0.227 e. The summed E-state index contributed by atoms with van der Waals surface area (Å²) in [5.41, 5.74) is 3.98. The molecule has 2 atom stereocenters. The first-order valence-electron chi connectivity index (χ1n) is 11.8. The lowest BCUT2D eigenvalue weighted by Gasteiger charge is -2.30. The van der Waals surface area contributed by atoms with E-state index in [-0.39, 0.29) is 11.8 Å². The zero-order valence-corrected chi connectivity index (χ0v) is 21.1. The number of carbonyl (C=O) groups excluding carboxylic acids is 1. The van der Waals surface area contributed by atoms with E-state index in [2.05, 4.69) is 46.3 Å². The molecule has 3 aromatic heterocycles. The fourth-order valence-corrected chi connectivity index (χ4v) is 5.93. The first-order chi connectivity index (χ1) is 16.4. The average Bonchev–Trinajstić information content (AvgIpc) is 3.46. The van der Waals surface area contributed by atoms with E-state index in [0.717, 1.165) is 55.1 Å². The van der Waals surface area contributed by atoms with E-state index in [0.29, 0.717) is 18.4 Å². The molecule has 2 aliphatic heterocycles. The van der Waals surface area contributed by atoms with E-state index in [1.807, 2.05) is 37.3 Å². The number of piperidine rings is 1. The Morgan fingerprint density at radius 3 is 2.85 bits per heavy atom. The maximum absolute atomic E-state index is 12.8. The second kappa shape index (κ2) is 9.38. The van der Waals surface area contributed by atoms with Gasteiger partial charge in [-0.3, -0.25) is 4.79 Å². The summed E-state index contributed by atoms with van der Waals surface area (Å²) in [5, 5.41) is 4.23. The highest BCUT2D eigenvalue weighted by molar-refractivity contribution is 7.23. The van der Waals surface area contributed by atoms with Crippen LogP contribution in [0.5, 0.6) is 5.88 Å². The Hall–Kier alpha value is -2.91. The lowest BCUT2D eigenvalue weighted by atomic mass is 9.88. The lowest BCUT2D eigenvalue weighted by molar-refractivity contribution is -0.137. The van der Waals surface area contributed by atoms with Crippen LogP contribution in [0, 0.1) is 11.8 Å². The largest absolute Gasteiger partial charge is 0.476 e. The minimum atomic E-state index is 0.0782. The van der Waals surface area contributed by atoms with Crippen LogP contribution in [-0.2, 0) is 4.79 Å². The van der Waals surface area contributed by atoms with Crippen LogP contribution < -0.4 is 19.9 Å². The van der Waals surface area contributed by atoms with E-state index in [4.69, 9.17) is 9.72 Å². The summed E-state index contributed by atoms with van der Waals surface area (Å²) in [4.78, 5) is 28.7. The summed E-state index contributed by atoms with van der Waals surface area (Å²) in [6, 6.07) is 8.23. The molecule has 0 unspecified atom stereocenters. The molecule has 0 spiro atoms. The van der Waals surface area contributed by atoms with Crippen LogP contribution in [0.15, 0.2) is 30.5 Å². The molecule has 5 rings (SSSR count). The quantitative estimate of drug-likeness (QED) is 0.521. The normalized spacial score (nSPS) is 20.2. The zero-order chi connectivity index (χ0) is 23.8. The van der Waals surface area contributed by atoms with Crippen molar-refractivity contribution in [3.63, 3.8) is 0 Å². The molecule has 1 N–H and O–H groups in total. The Morgan fingerprint density at radius 1 is 1.26 bits per heavy atom. The van der Waals surface area contributed by atoms with Gasteiger partial charge in [0.1, 0.15) is 6.61 Å². The second-order valence-corrected chi connectivity index (χ2v) is 10.4. The van der Waals surface area contributed by atoms with E-state index in [1.54, 1.807) is 11.3 Å². The van der Waals surface area contributed by atoms with E-state index < -0.39 is 0 Å². The molecule has 0 saturated carbocycles. The standard InChI is InChI=1S/C25H32N6O2S/c1-26-8-10-33-22-6-5-16(13-27-22)19-11-21(24-20(28-19)12-23(34-24)29(2)3)31-14-17-7-9-30(4)25(32)18(17)15-31/h5-6,11-13,17-18,26H,7-10,14-15H2,1-4H3/t17-,18+/m0/s1. The fraction of sp³-hybridized carbons (Fsp3) is 0.480. The van der Waals surface area contributed by atoms with Crippen molar-refractivity contribution in [3.05, 3.63) is 30.5 Å². The second-order valence-electron chi connectivity index (χ2n) is 9.38. The number of anilines is 2. The Kier molecular flexibility index (Phi) is 6.31. The molecule has 5 heterocycles. The smallest absolute Gasteiger partial charge is 0.227 e. The van der Waals surface area contributed by atoms with E-state index in [1.165, 1.54) is 9.70 Å². The summed E-state index contributed by atoms with van der Waals surface area (Å²) < 4.78 is 6.85. The van der Waals surface area contributed by atoms with Gasteiger partial charge in [0.05, 0.1) is 32.5 Å².